The summed E-state index contributed by atoms with van der Waals surface area (Å²) in [5.41, 5.74) is 1.22. The fourth-order valence-electron chi connectivity index (χ4n) is 5.02. The van der Waals surface area contributed by atoms with Crippen molar-refractivity contribution in [3.05, 3.63) is 42.5 Å². The molecule has 1 N–H and O–H groups in total. The second-order valence-electron chi connectivity index (χ2n) is 8.91. The molecule has 0 unspecified atom stereocenters. The van der Waals surface area contributed by atoms with E-state index in [0.717, 1.165) is 45.1 Å². The summed E-state index contributed by atoms with van der Waals surface area (Å²) < 4.78 is 2.07. The van der Waals surface area contributed by atoms with Crippen molar-refractivity contribution in [1.82, 2.24) is 29.7 Å². The highest BCUT2D eigenvalue weighted by Gasteiger charge is 2.24. The zero-order valence-electron chi connectivity index (χ0n) is 18.7. The number of carbonyl (C=O) groups is 1. The molecule has 4 rings (SSSR count). The molecule has 0 aromatic carbocycles. The zero-order chi connectivity index (χ0) is 21.5. The minimum Gasteiger partial charge on any atom is -0.355 e. The Hall–Kier alpha value is -2.25. The molecular formula is C24H36N6O. The van der Waals surface area contributed by atoms with Gasteiger partial charge in [0.15, 0.2) is 0 Å². The number of hydrogen-bond acceptors (Lipinski definition) is 5. The van der Waals surface area contributed by atoms with Crippen LogP contribution in [0.2, 0.25) is 0 Å². The maximum absolute atomic E-state index is 12.3. The predicted molar refractivity (Wildman–Crippen MR) is 122 cm³/mol. The van der Waals surface area contributed by atoms with Crippen LogP contribution in [0.25, 0.3) is 5.95 Å². The Kier molecular flexibility index (Phi) is 7.70. The molecule has 1 amide bonds. The van der Waals surface area contributed by atoms with E-state index in [1.807, 2.05) is 12.3 Å². The molecule has 0 aliphatic carbocycles. The van der Waals surface area contributed by atoms with Gasteiger partial charge in [0.2, 0.25) is 11.9 Å². The van der Waals surface area contributed by atoms with Crippen LogP contribution in [0.3, 0.4) is 0 Å². The molecule has 2 aromatic heterocycles. The molecule has 7 heteroatoms. The molecule has 7 nitrogen and oxygen atoms in total. The van der Waals surface area contributed by atoms with Crippen LogP contribution >= 0.6 is 0 Å². The van der Waals surface area contributed by atoms with Gasteiger partial charge in [0, 0.05) is 49.8 Å². The summed E-state index contributed by atoms with van der Waals surface area (Å²) in [6.07, 6.45) is 12.1. The largest absolute Gasteiger partial charge is 0.355 e. The zero-order valence-corrected chi connectivity index (χ0v) is 18.7. The molecule has 2 aliphatic rings. The normalized spacial score (nSPS) is 20.9. The summed E-state index contributed by atoms with van der Waals surface area (Å²) in [7, 11) is 0. The van der Waals surface area contributed by atoms with Crippen LogP contribution in [0.4, 0.5) is 0 Å². The first-order valence-electron chi connectivity index (χ1n) is 11.9. The molecule has 4 heterocycles. The van der Waals surface area contributed by atoms with Gasteiger partial charge in [0.1, 0.15) is 0 Å². The minimum atomic E-state index is 0.228. The van der Waals surface area contributed by atoms with E-state index in [1.54, 1.807) is 12.4 Å². The van der Waals surface area contributed by atoms with Crippen LogP contribution in [-0.4, -0.2) is 69.0 Å². The number of carbonyl (C=O) groups excluding carboxylic acids is 1. The Balaban J connectivity index is 1.16. The Morgan fingerprint density at radius 2 is 1.94 bits per heavy atom. The standard InChI is InChI=1S/C24H36N6O/c1-2-29-14-3-6-21(29)18-27-23(31)9-8-20-10-16-28(17-11-20)19-22-7-4-15-30(22)24-25-12-5-13-26-24/h4-5,7,12-13,15,20-21H,2-3,6,8-11,14,16-19H2,1H3,(H,27,31)/t21-/m1/s1. The van der Waals surface area contributed by atoms with E-state index < -0.39 is 0 Å². The van der Waals surface area contributed by atoms with E-state index >= 15 is 0 Å². The average Bonchev–Trinajstić information content (AvgIpc) is 3.47. The maximum Gasteiger partial charge on any atom is 0.233 e. The van der Waals surface area contributed by atoms with Gasteiger partial charge in [-0.15, -0.1) is 0 Å². The first-order chi connectivity index (χ1) is 15.2. The van der Waals surface area contributed by atoms with Crippen molar-refractivity contribution in [1.29, 1.82) is 0 Å². The molecule has 2 saturated heterocycles. The second-order valence-corrected chi connectivity index (χ2v) is 8.91. The SMILES string of the molecule is CCN1CCC[C@@H]1CNC(=O)CCC1CCN(Cc2cccn2-c2ncccn2)CC1. The van der Waals surface area contributed by atoms with E-state index in [4.69, 9.17) is 0 Å². The first-order valence-corrected chi connectivity index (χ1v) is 11.9. The van der Waals surface area contributed by atoms with Gasteiger partial charge in [0.05, 0.1) is 0 Å². The van der Waals surface area contributed by atoms with Crippen LogP contribution in [-0.2, 0) is 11.3 Å². The molecule has 0 radical (unpaired) electrons. The lowest BCUT2D eigenvalue weighted by Gasteiger charge is -2.32. The summed E-state index contributed by atoms with van der Waals surface area (Å²) >= 11 is 0. The number of amides is 1. The topological polar surface area (TPSA) is 66.3 Å². The number of likely N-dealkylation sites (N-methyl/N-ethyl adjacent to an activating group) is 1. The van der Waals surface area contributed by atoms with Crippen molar-refractivity contribution in [2.75, 3.05) is 32.7 Å². The number of nitrogens with one attached hydrogen (secondary N) is 1. The highest BCUT2D eigenvalue weighted by Crippen LogP contribution is 2.24. The van der Waals surface area contributed by atoms with E-state index in [-0.39, 0.29) is 5.91 Å². The Morgan fingerprint density at radius 1 is 1.13 bits per heavy atom. The highest BCUT2D eigenvalue weighted by molar-refractivity contribution is 5.75. The molecule has 2 aliphatic heterocycles. The van der Waals surface area contributed by atoms with Gasteiger partial charge in [-0.1, -0.05) is 6.92 Å². The fourth-order valence-corrected chi connectivity index (χ4v) is 5.02. The van der Waals surface area contributed by atoms with E-state index in [9.17, 15) is 4.79 Å². The van der Waals surface area contributed by atoms with Crippen molar-refractivity contribution in [3.63, 3.8) is 0 Å². The van der Waals surface area contributed by atoms with Crippen LogP contribution in [0.5, 0.6) is 0 Å². The third kappa shape index (κ3) is 5.92. The molecule has 2 fully saturated rings. The summed E-state index contributed by atoms with van der Waals surface area (Å²) in [6, 6.07) is 6.59. The van der Waals surface area contributed by atoms with Gasteiger partial charge in [-0.2, -0.15) is 0 Å². The van der Waals surface area contributed by atoms with Gasteiger partial charge < -0.3 is 5.32 Å². The molecule has 2 aromatic rings. The molecular weight excluding hydrogens is 388 g/mol. The third-order valence-electron chi connectivity index (χ3n) is 6.91. The number of hydrogen-bond donors (Lipinski definition) is 1. The molecule has 0 bridgehead atoms. The molecule has 0 saturated carbocycles. The van der Waals surface area contributed by atoms with Crippen LogP contribution in [0, 0.1) is 5.92 Å². The molecule has 0 spiro atoms. The Bertz CT molecular complexity index is 814. The quantitative estimate of drug-likeness (QED) is 0.671. The lowest BCUT2D eigenvalue weighted by Crippen LogP contribution is -2.40. The second kappa shape index (κ2) is 10.9. The smallest absolute Gasteiger partial charge is 0.233 e. The summed E-state index contributed by atoms with van der Waals surface area (Å²) in [4.78, 5) is 26.1. The molecule has 168 valence electrons. The van der Waals surface area contributed by atoms with Gasteiger partial charge in [0.25, 0.3) is 0 Å². The maximum atomic E-state index is 12.3. The lowest BCUT2D eigenvalue weighted by molar-refractivity contribution is -0.121. The lowest BCUT2D eigenvalue weighted by atomic mass is 9.92. The van der Waals surface area contributed by atoms with Gasteiger partial charge in [-0.3, -0.25) is 19.2 Å². The van der Waals surface area contributed by atoms with Crippen molar-refractivity contribution in [2.45, 2.75) is 58.0 Å². The van der Waals surface area contributed by atoms with Crippen molar-refractivity contribution in [3.8, 4) is 5.95 Å². The first kappa shape index (κ1) is 22.0. The average molecular weight is 425 g/mol. The van der Waals surface area contributed by atoms with E-state index in [0.29, 0.717) is 18.4 Å². The van der Waals surface area contributed by atoms with E-state index in [1.165, 1.54) is 37.9 Å². The predicted octanol–water partition coefficient (Wildman–Crippen LogP) is 2.86. The van der Waals surface area contributed by atoms with Gasteiger partial charge >= 0.3 is 0 Å². The number of piperidine rings is 1. The minimum absolute atomic E-state index is 0.228. The van der Waals surface area contributed by atoms with Crippen molar-refractivity contribution in [2.24, 2.45) is 5.92 Å². The van der Waals surface area contributed by atoms with Crippen molar-refractivity contribution >= 4 is 5.91 Å². The third-order valence-corrected chi connectivity index (χ3v) is 6.91. The number of aromatic nitrogens is 3. The van der Waals surface area contributed by atoms with Crippen LogP contribution < -0.4 is 5.32 Å². The number of rotatable bonds is 9. The van der Waals surface area contributed by atoms with Crippen LogP contribution in [0.15, 0.2) is 36.8 Å². The highest BCUT2D eigenvalue weighted by atomic mass is 16.1. The monoisotopic (exact) mass is 424 g/mol. The number of nitrogens with zero attached hydrogens (tertiary/aromatic N) is 5. The Morgan fingerprint density at radius 3 is 2.71 bits per heavy atom. The Labute approximate surface area is 185 Å². The summed E-state index contributed by atoms with van der Waals surface area (Å²) in [5, 5.41) is 3.18. The van der Waals surface area contributed by atoms with Gasteiger partial charge in [-0.05, 0) is 82.4 Å². The van der Waals surface area contributed by atoms with Crippen LogP contribution in [0.1, 0.15) is 51.1 Å². The molecule has 31 heavy (non-hydrogen) atoms. The van der Waals surface area contributed by atoms with Crippen molar-refractivity contribution < 1.29 is 4.79 Å². The fraction of sp³-hybridized carbons (Fsp3) is 0.625. The van der Waals surface area contributed by atoms with E-state index in [2.05, 4.69) is 48.7 Å². The summed E-state index contributed by atoms with van der Waals surface area (Å²) in [5.74, 6) is 1.61. The number of likely N-dealkylation sites (tertiary alicyclic amines) is 2. The van der Waals surface area contributed by atoms with Gasteiger partial charge in [-0.25, -0.2) is 9.97 Å². The summed E-state index contributed by atoms with van der Waals surface area (Å²) in [6.45, 7) is 8.37. The molecule has 1 atom stereocenters.